The van der Waals surface area contributed by atoms with Crippen molar-refractivity contribution in [3.8, 4) is 0 Å². The standard InChI is InChI=1S/C22H18N6O2S/c1-27(15-16-8-7-13-23-14-16)20-18-11-5-6-12-19(18)28-21(24-20)22(25-26-28)31(29,30)17-9-3-2-4-10-17/h2-14H,15H2,1H3. The van der Waals surface area contributed by atoms with Gasteiger partial charge in [-0.2, -0.15) is 4.52 Å². The van der Waals surface area contributed by atoms with Crippen molar-refractivity contribution in [3.05, 3.63) is 84.7 Å². The molecule has 0 radical (unpaired) electrons. The van der Waals surface area contributed by atoms with Gasteiger partial charge in [-0.25, -0.2) is 13.4 Å². The first-order valence-electron chi connectivity index (χ1n) is 9.60. The Kier molecular flexibility index (Phi) is 4.59. The molecule has 5 rings (SSSR count). The van der Waals surface area contributed by atoms with Crippen LogP contribution < -0.4 is 4.90 Å². The molecule has 3 heterocycles. The van der Waals surface area contributed by atoms with E-state index in [0.29, 0.717) is 12.4 Å². The molecule has 0 aliphatic rings. The van der Waals surface area contributed by atoms with Gasteiger partial charge in [-0.15, -0.1) is 5.10 Å². The maximum atomic E-state index is 13.2. The van der Waals surface area contributed by atoms with Gasteiger partial charge in [0.2, 0.25) is 14.9 Å². The molecule has 0 atom stereocenters. The van der Waals surface area contributed by atoms with Crippen LogP contribution in [0.2, 0.25) is 0 Å². The highest BCUT2D eigenvalue weighted by Crippen LogP contribution is 2.29. The normalized spacial score (nSPS) is 11.8. The molecule has 9 heteroatoms. The Bertz CT molecular complexity index is 1480. The fraction of sp³-hybridized carbons (Fsp3) is 0.0909. The van der Waals surface area contributed by atoms with Crippen LogP contribution in [0.3, 0.4) is 0 Å². The van der Waals surface area contributed by atoms with Gasteiger partial charge < -0.3 is 4.90 Å². The first-order chi connectivity index (χ1) is 15.1. The Balaban J connectivity index is 1.72. The third kappa shape index (κ3) is 3.28. The SMILES string of the molecule is CN(Cc1cccnc1)c1nc2c(S(=O)(=O)c3ccccc3)nnn2c2ccccc12. The molecular formula is C22H18N6O2S. The zero-order valence-electron chi connectivity index (χ0n) is 16.6. The minimum absolute atomic E-state index is 0.151. The van der Waals surface area contributed by atoms with Crippen LogP contribution in [0.25, 0.3) is 16.6 Å². The van der Waals surface area contributed by atoms with E-state index in [2.05, 4.69) is 15.3 Å². The number of anilines is 1. The van der Waals surface area contributed by atoms with Crippen LogP contribution in [-0.2, 0) is 16.4 Å². The summed E-state index contributed by atoms with van der Waals surface area (Å²) in [5, 5.41) is 8.81. The average molecular weight is 430 g/mol. The van der Waals surface area contributed by atoms with E-state index in [1.807, 2.05) is 48.3 Å². The van der Waals surface area contributed by atoms with Crippen LogP contribution in [0, 0.1) is 0 Å². The number of rotatable bonds is 5. The van der Waals surface area contributed by atoms with Gasteiger partial charge in [-0.1, -0.05) is 41.6 Å². The lowest BCUT2D eigenvalue weighted by Gasteiger charge is -2.20. The molecular weight excluding hydrogens is 412 g/mol. The Morgan fingerprint density at radius 2 is 1.74 bits per heavy atom. The van der Waals surface area contributed by atoms with Crippen molar-refractivity contribution in [2.24, 2.45) is 0 Å². The summed E-state index contributed by atoms with van der Waals surface area (Å²) in [4.78, 5) is 11.0. The summed E-state index contributed by atoms with van der Waals surface area (Å²) in [6.07, 6.45) is 3.52. The second kappa shape index (κ2) is 7.44. The lowest BCUT2D eigenvalue weighted by Crippen LogP contribution is -2.19. The molecule has 0 aliphatic carbocycles. The number of para-hydroxylation sites is 1. The lowest BCUT2D eigenvalue weighted by molar-refractivity contribution is 0.592. The molecule has 8 nitrogen and oxygen atoms in total. The first-order valence-corrected chi connectivity index (χ1v) is 11.1. The van der Waals surface area contributed by atoms with Gasteiger partial charge in [-0.3, -0.25) is 4.98 Å². The molecule has 0 unspecified atom stereocenters. The van der Waals surface area contributed by atoms with Crippen LogP contribution in [-0.4, -0.2) is 40.3 Å². The molecule has 0 amide bonds. The summed E-state index contributed by atoms with van der Waals surface area (Å²) >= 11 is 0. The van der Waals surface area contributed by atoms with Gasteiger partial charge in [0.1, 0.15) is 5.82 Å². The van der Waals surface area contributed by atoms with Gasteiger partial charge in [0.05, 0.1) is 10.4 Å². The highest BCUT2D eigenvalue weighted by molar-refractivity contribution is 7.91. The quantitative estimate of drug-likeness (QED) is 0.423. The number of hydrogen-bond acceptors (Lipinski definition) is 7. The molecule has 31 heavy (non-hydrogen) atoms. The average Bonchev–Trinajstić information content (AvgIpc) is 3.25. The van der Waals surface area contributed by atoms with Crippen molar-refractivity contribution in [2.45, 2.75) is 16.5 Å². The third-order valence-corrected chi connectivity index (χ3v) is 6.68. The Labute approximate surface area is 178 Å². The highest BCUT2D eigenvalue weighted by Gasteiger charge is 2.27. The highest BCUT2D eigenvalue weighted by atomic mass is 32.2. The molecule has 0 saturated carbocycles. The van der Waals surface area contributed by atoms with Crippen LogP contribution >= 0.6 is 0 Å². The fourth-order valence-corrected chi connectivity index (χ4v) is 4.80. The number of sulfone groups is 1. The van der Waals surface area contributed by atoms with E-state index in [4.69, 9.17) is 4.98 Å². The summed E-state index contributed by atoms with van der Waals surface area (Å²) in [5.41, 5.74) is 1.93. The summed E-state index contributed by atoms with van der Waals surface area (Å²) in [7, 11) is -1.97. The minimum Gasteiger partial charge on any atom is -0.355 e. The van der Waals surface area contributed by atoms with E-state index in [9.17, 15) is 8.42 Å². The zero-order valence-corrected chi connectivity index (χ0v) is 17.4. The number of pyridine rings is 1. The smallest absolute Gasteiger partial charge is 0.229 e. The maximum absolute atomic E-state index is 13.2. The van der Waals surface area contributed by atoms with Crippen molar-refractivity contribution >= 4 is 32.2 Å². The van der Waals surface area contributed by atoms with Crippen molar-refractivity contribution < 1.29 is 8.42 Å². The van der Waals surface area contributed by atoms with Crippen LogP contribution in [0.15, 0.2) is 89.0 Å². The molecule has 0 aliphatic heterocycles. The Morgan fingerprint density at radius 1 is 0.968 bits per heavy atom. The predicted octanol–water partition coefficient (Wildman–Crippen LogP) is 3.14. The number of benzene rings is 2. The van der Waals surface area contributed by atoms with Crippen molar-refractivity contribution in [3.63, 3.8) is 0 Å². The molecule has 0 fully saturated rings. The second-order valence-electron chi connectivity index (χ2n) is 7.12. The summed E-state index contributed by atoms with van der Waals surface area (Å²) in [5.74, 6) is 0.638. The van der Waals surface area contributed by atoms with Gasteiger partial charge >= 0.3 is 0 Å². The summed E-state index contributed by atoms with van der Waals surface area (Å²) in [6.45, 7) is 0.559. The van der Waals surface area contributed by atoms with Crippen LogP contribution in [0.5, 0.6) is 0 Å². The Hall–Kier alpha value is -3.85. The van der Waals surface area contributed by atoms with Gasteiger partial charge in [0, 0.05) is 31.4 Å². The van der Waals surface area contributed by atoms with Crippen molar-refractivity contribution in [2.75, 3.05) is 11.9 Å². The van der Waals surface area contributed by atoms with E-state index in [0.717, 1.165) is 16.5 Å². The largest absolute Gasteiger partial charge is 0.355 e. The topological polar surface area (TPSA) is 93.4 Å². The van der Waals surface area contributed by atoms with E-state index >= 15 is 0 Å². The number of aromatic nitrogens is 5. The van der Waals surface area contributed by atoms with Gasteiger partial charge in [0.15, 0.2) is 5.65 Å². The van der Waals surface area contributed by atoms with Gasteiger partial charge in [0.25, 0.3) is 0 Å². The molecule has 154 valence electrons. The van der Waals surface area contributed by atoms with Crippen LogP contribution in [0.1, 0.15) is 5.56 Å². The third-order valence-electron chi connectivity index (χ3n) is 5.01. The van der Waals surface area contributed by atoms with Gasteiger partial charge in [-0.05, 0) is 35.9 Å². The molecule has 5 aromatic rings. The molecule has 2 aromatic carbocycles. The number of nitrogens with zero attached hydrogens (tertiary/aromatic N) is 6. The molecule has 3 aromatic heterocycles. The van der Waals surface area contributed by atoms with E-state index in [1.165, 1.54) is 16.6 Å². The zero-order chi connectivity index (χ0) is 21.4. The van der Waals surface area contributed by atoms with Crippen molar-refractivity contribution in [1.82, 2.24) is 24.8 Å². The second-order valence-corrected chi connectivity index (χ2v) is 8.98. The minimum atomic E-state index is -3.88. The summed E-state index contributed by atoms with van der Waals surface area (Å²) in [6, 6.07) is 19.6. The number of fused-ring (bicyclic) bond motifs is 3. The fourth-order valence-electron chi connectivity index (χ4n) is 3.55. The monoisotopic (exact) mass is 430 g/mol. The first kappa shape index (κ1) is 19.1. The molecule has 0 bridgehead atoms. The lowest BCUT2D eigenvalue weighted by atomic mass is 10.2. The van der Waals surface area contributed by atoms with Crippen molar-refractivity contribution in [1.29, 1.82) is 0 Å². The number of hydrogen-bond donors (Lipinski definition) is 0. The van der Waals surface area contributed by atoms with Crippen LogP contribution in [0.4, 0.5) is 5.82 Å². The molecule has 0 N–H and O–H groups in total. The molecule has 0 saturated heterocycles. The van der Waals surface area contributed by atoms with E-state index < -0.39 is 9.84 Å². The van der Waals surface area contributed by atoms with E-state index in [-0.39, 0.29) is 15.6 Å². The van der Waals surface area contributed by atoms with E-state index in [1.54, 1.807) is 30.6 Å². The summed E-state index contributed by atoms with van der Waals surface area (Å²) < 4.78 is 28.0. The predicted molar refractivity (Wildman–Crippen MR) is 117 cm³/mol. The maximum Gasteiger partial charge on any atom is 0.229 e. The Morgan fingerprint density at radius 3 is 2.52 bits per heavy atom. The molecule has 0 spiro atoms.